The Morgan fingerprint density at radius 3 is 2.27 bits per heavy atom. The molecule has 3 aromatic carbocycles. The quantitative estimate of drug-likeness (QED) is 0.479. The van der Waals surface area contributed by atoms with Crippen molar-refractivity contribution in [2.45, 2.75) is 18.4 Å². The smallest absolute Gasteiger partial charge is 0.243 e. The maximum absolute atomic E-state index is 13.4. The number of sulfonamides is 1. The molecule has 0 spiro atoms. The van der Waals surface area contributed by atoms with E-state index in [2.05, 4.69) is 5.32 Å². The van der Waals surface area contributed by atoms with E-state index < -0.39 is 15.9 Å². The molecule has 0 aliphatic heterocycles. The second kappa shape index (κ2) is 10.7. The van der Waals surface area contributed by atoms with Crippen LogP contribution in [-0.2, 0) is 21.4 Å². The molecule has 0 bridgehead atoms. The maximum Gasteiger partial charge on any atom is 0.243 e. The molecule has 7 nitrogen and oxygen atoms in total. The lowest BCUT2D eigenvalue weighted by molar-refractivity contribution is -0.116. The topological polar surface area (TPSA) is 84.9 Å². The van der Waals surface area contributed by atoms with Gasteiger partial charge in [0.15, 0.2) is 11.5 Å². The van der Waals surface area contributed by atoms with Crippen LogP contribution in [-0.4, -0.2) is 39.4 Å². The molecule has 3 aromatic rings. The summed E-state index contributed by atoms with van der Waals surface area (Å²) in [5.74, 6) is 0.469. The van der Waals surface area contributed by atoms with Crippen molar-refractivity contribution in [3.63, 3.8) is 0 Å². The number of nitrogens with zero attached hydrogens (tertiary/aromatic N) is 1. The van der Waals surface area contributed by atoms with Gasteiger partial charge in [-0.15, -0.1) is 0 Å². The van der Waals surface area contributed by atoms with Gasteiger partial charge >= 0.3 is 0 Å². The van der Waals surface area contributed by atoms with Gasteiger partial charge in [-0.1, -0.05) is 35.9 Å². The zero-order valence-electron chi connectivity index (χ0n) is 18.5. The molecule has 0 aliphatic carbocycles. The summed E-state index contributed by atoms with van der Waals surface area (Å²) in [5.41, 5.74) is 2.18. The summed E-state index contributed by atoms with van der Waals surface area (Å²) < 4.78 is 38.4. The highest BCUT2D eigenvalue weighted by Crippen LogP contribution is 2.30. The minimum Gasteiger partial charge on any atom is -0.493 e. The van der Waals surface area contributed by atoms with Gasteiger partial charge in [-0.05, 0) is 54.4 Å². The van der Waals surface area contributed by atoms with Gasteiger partial charge in [0.1, 0.15) is 0 Å². The number of anilines is 1. The lowest BCUT2D eigenvalue weighted by Crippen LogP contribution is -2.37. The van der Waals surface area contributed by atoms with Gasteiger partial charge in [-0.25, -0.2) is 8.42 Å². The van der Waals surface area contributed by atoms with Gasteiger partial charge in [0.05, 0.1) is 25.7 Å². The SMILES string of the molecule is COc1ccc(NC(=O)CN(Cc2ccccc2C)S(=O)(=O)c2ccc(Cl)cc2)cc1OC. The standard InChI is InChI=1S/C24H25ClN2O5S/c1-17-6-4-5-7-18(17)15-27(33(29,30)21-11-8-19(25)9-12-21)16-24(28)26-20-10-13-22(31-2)23(14-20)32-3/h4-14H,15-16H2,1-3H3,(H,26,28). The van der Waals surface area contributed by atoms with E-state index in [4.69, 9.17) is 21.1 Å². The van der Waals surface area contributed by atoms with Gasteiger partial charge < -0.3 is 14.8 Å². The Morgan fingerprint density at radius 1 is 0.970 bits per heavy atom. The fourth-order valence-corrected chi connectivity index (χ4v) is 4.73. The van der Waals surface area contributed by atoms with E-state index in [-0.39, 0.29) is 18.0 Å². The predicted molar refractivity (Wildman–Crippen MR) is 128 cm³/mol. The molecule has 0 saturated heterocycles. The molecule has 1 amide bonds. The second-order valence-electron chi connectivity index (χ2n) is 7.27. The lowest BCUT2D eigenvalue weighted by atomic mass is 10.1. The van der Waals surface area contributed by atoms with Crippen LogP contribution < -0.4 is 14.8 Å². The van der Waals surface area contributed by atoms with Crippen LogP contribution in [0.5, 0.6) is 11.5 Å². The molecule has 0 heterocycles. The summed E-state index contributed by atoms with van der Waals surface area (Å²) in [4.78, 5) is 12.9. The predicted octanol–water partition coefficient (Wildman–Crippen LogP) is 4.50. The minimum atomic E-state index is -3.97. The molecule has 0 radical (unpaired) electrons. The van der Waals surface area contributed by atoms with Gasteiger partial charge in [0, 0.05) is 23.3 Å². The van der Waals surface area contributed by atoms with E-state index in [0.717, 1.165) is 15.4 Å². The fourth-order valence-electron chi connectivity index (χ4n) is 3.23. The third kappa shape index (κ3) is 6.04. The molecule has 3 rings (SSSR count). The first kappa shape index (κ1) is 24.6. The van der Waals surface area contributed by atoms with E-state index in [1.165, 1.54) is 38.5 Å². The maximum atomic E-state index is 13.4. The van der Waals surface area contributed by atoms with E-state index in [0.29, 0.717) is 22.2 Å². The molecule has 0 saturated carbocycles. The number of ether oxygens (including phenoxy) is 2. The largest absolute Gasteiger partial charge is 0.493 e. The zero-order valence-corrected chi connectivity index (χ0v) is 20.1. The first-order valence-corrected chi connectivity index (χ1v) is 11.9. The second-order valence-corrected chi connectivity index (χ2v) is 9.65. The van der Waals surface area contributed by atoms with Crippen molar-refractivity contribution < 1.29 is 22.7 Å². The Kier molecular flexibility index (Phi) is 7.97. The van der Waals surface area contributed by atoms with Crippen molar-refractivity contribution in [2.24, 2.45) is 0 Å². The summed E-state index contributed by atoms with van der Waals surface area (Å²) in [6.45, 7) is 1.55. The molecule has 174 valence electrons. The molecule has 0 unspecified atom stereocenters. The van der Waals surface area contributed by atoms with Crippen LogP contribution in [0.3, 0.4) is 0 Å². The highest BCUT2D eigenvalue weighted by Gasteiger charge is 2.27. The van der Waals surface area contributed by atoms with Crippen molar-refractivity contribution in [2.75, 3.05) is 26.1 Å². The summed E-state index contributed by atoms with van der Waals surface area (Å²) in [7, 11) is -0.967. The van der Waals surface area contributed by atoms with Crippen molar-refractivity contribution in [1.82, 2.24) is 4.31 Å². The molecule has 33 heavy (non-hydrogen) atoms. The normalized spacial score (nSPS) is 11.3. The van der Waals surface area contributed by atoms with Crippen LogP contribution in [0.4, 0.5) is 5.69 Å². The Balaban J connectivity index is 1.88. The van der Waals surface area contributed by atoms with Crippen LogP contribution in [0.1, 0.15) is 11.1 Å². The molecule has 0 aliphatic rings. The van der Waals surface area contributed by atoms with Crippen molar-refractivity contribution >= 4 is 33.2 Å². The number of amides is 1. The molecule has 9 heteroatoms. The number of nitrogens with one attached hydrogen (secondary N) is 1. The van der Waals surface area contributed by atoms with E-state index >= 15 is 0 Å². The van der Waals surface area contributed by atoms with Gasteiger partial charge in [0.2, 0.25) is 15.9 Å². The van der Waals surface area contributed by atoms with Gasteiger partial charge in [0.25, 0.3) is 0 Å². The number of hydrogen-bond donors (Lipinski definition) is 1. The van der Waals surface area contributed by atoms with Crippen molar-refractivity contribution in [3.05, 3.63) is 82.9 Å². The lowest BCUT2D eigenvalue weighted by Gasteiger charge is -2.23. The molecule has 1 N–H and O–H groups in total. The minimum absolute atomic E-state index is 0.0387. The summed E-state index contributed by atoms with van der Waals surface area (Å²) >= 11 is 5.92. The molecule has 0 fully saturated rings. The van der Waals surface area contributed by atoms with Crippen LogP contribution in [0, 0.1) is 6.92 Å². The Bertz CT molecular complexity index is 1230. The van der Waals surface area contributed by atoms with E-state index in [1.54, 1.807) is 18.2 Å². The molecule has 0 aromatic heterocycles. The van der Waals surface area contributed by atoms with Gasteiger partial charge in [-0.3, -0.25) is 4.79 Å². The summed E-state index contributed by atoms with van der Waals surface area (Å²) in [5, 5.41) is 3.15. The van der Waals surface area contributed by atoms with Crippen LogP contribution >= 0.6 is 11.6 Å². The number of benzene rings is 3. The highest BCUT2D eigenvalue weighted by atomic mass is 35.5. The third-order valence-corrected chi connectivity index (χ3v) is 7.10. The number of carbonyl (C=O) groups excluding carboxylic acids is 1. The van der Waals surface area contributed by atoms with Crippen LogP contribution in [0.15, 0.2) is 71.6 Å². The first-order valence-electron chi connectivity index (χ1n) is 10.1. The molecular weight excluding hydrogens is 464 g/mol. The number of carbonyl (C=O) groups is 1. The highest BCUT2D eigenvalue weighted by molar-refractivity contribution is 7.89. The number of methoxy groups -OCH3 is 2. The zero-order chi connectivity index (χ0) is 24.0. The summed E-state index contributed by atoms with van der Waals surface area (Å²) in [6, 6.07) is 18.2. The van der Waals surface area contributed by atoms with E-state index in [9.17, 15) is 13.2 Å². The molecular formula is C24H25ClN2O5S. The Morgan fingerprint density at radius 2 is 1.64 bits per heavy atom. The number of aryl methyl sites for hydroxylation is 1. The van der Waals surface area contributed by atoms with E-state index in [1.807, 2.05) is 31.2 Å². The van der Waals surface area contributed by atoms with Gasteiger partial charge in [-0.2, -0.15) is 4.31 Å². The third-order valence-electron chi connectivity index (χ3n) is 5.05. The Hall–Kier alpha value is -3.07. The van der Waals surface area contributed by atoms with Crippen molar-refractivity contribution in [3.8, 4) is 11.5 Å². The van der Waals surface area contributed by atoms with Crippen molar-refractivity contribution in [1.29, 1.82) is 0 Å². The average molecular weight is 489 g/mol. The number of rotatable bonds is 9. The fraction of sp³-hybridized carbons (Fsp3) is 0.208. The van der Waals surface area contributed by atoms with Crippen LogP contribution in [0.2, 0.25) is 5.02 Å². The Labute approximate surface area is 198 Å². The van der Waals surface area contributed by atoms with Crippen LogP contribution in [0.25, 0.3) is 0 Å². The molecule has 0 atom stereocenters. The number of halogens is 1. The average Bonchev–Trinajstić information content (AvgIpc) is 2.80. The number of hydrogen-bond acceptors (Lipinski definition) is 5. The monoisotopic (exact) mass is 488 g/mol. The summed E-state index contributed by atoms with van der Waals surface area (Å²) in [6.07, 6.45) is 0. The first-order chi connectivity index (χ1) is 15.7.